The largest absolute Gasteiger partial charge is 0.207 e. The monoisotopic (exact) mass is 309 g/mol. The summed E-state index contributed by atoms with van der Waals surface area (Å²) in [4.78, 5) is 0. The molecule has 0 saturated carbocycles. The second-order valence-electron chi connectivity index (χ2n) is 6.63. The summed E-state index contributed by atoms with van der Waals surface area (Å²) in [5, 5.41) is 0.791. The van der Waals surface area contributed by atoms with Gasteiger partial charge in [0.2, 0.25) is 0 Å². The minimum Gasteiger partial charge on any atom is -0.207 e. The zero-order valence-corrected chi connectivity index (χ0v) is 14.1. The van der Waals surface area contributed by atoms with E-state index in [9.17, 15) is 4.48 Å². The van der Waals surface area contributed by atoms with Crippen LogP contribution in [0, 0.1) is 5.41 Å². The maximum Gasteiger partial charge on any atom is 0.0766 e. The van der Waals surface area contributed by atoms with Gasteiger partial charge in [0.25, 0.3) is 0 Å². The van der Waals surface area contributed by atoms with E-state index in [1.54, 1.807) is 12.2 Å². The number of hydrogen-bond donors (Lipinski definition) is 0. The summed E-state index contributed by atoms with van der Waals surface area (Å²) in [6.45, 7) is 14.3. The molecule has 0 fully saturated rings. The van der Waals surface area contributed by atoms with Crippen molar-refractivity contribution in [2.75, 3.05) is 6.54 Å². The molecule has 1 aliphatic rings. The van der Waals surface area contributed by atoms with Crippen LogP contribution in [0.15, 0.2) is 73.4 Å². The third kappa shape index (κ3) is 3.89. The lowest BCUT2D eigenvalue weighted by molar-refractivity contribution is 0.120. The number of hydrogen-bond acceptors (Lipinski definition) is 1. The fourth-order valence-corrected chi connectivity index (χ4v) is 2.57. The van der Waals surface area contributed by atoms with Gasteiger partial charge in [-0.3, -0.25) is 0 Å². The third-order valence-corrected chi connectivity index (χ3v) is 3.90. The van der Waals surface area contributed by atoms with Crippen LogP contribution in [0.5, 0.6) is 0 Å². The van der Waals surface area contributed by atoms with Gasteiger partial charge >= 0.3 is 0 Å². The highest BCUT2D eigenvalue weighted by molar-refractivity contribution is 5.78. The molecule has 23 heavy (non-hydrogen) atoms. The van der Waals surface area contributed by atoms with E-state index in [2.05, 4.69) is 33.9 Å². The minimum absolute atomic E-state index is 0.000853. The fraction of sp³-hybridized carbons (Fsp3) is 0.238. The SMILES string of the molecule is C=C/C=C(\C=C)c1cccc(C2=CC(C(C)(C)C)=CCN2F)c1. The van der Waals surface area contributed by atoms with Crippen LogP contribution in [-0.4, -0.2) is 11.7 Å². The van der Waals surface area contributed by atoms with Crippen molar-refractivity contribution < 1.29 is 4.48 Å². The van der Waals surface area contributed by atoms with Gasteiger partial charge in [0.05, 0.1) is 12.2 Å². The van der Waals surface area contributed by atoms with Gasteiger partial charge < -0.3 is 0 Å². The first kappa shape index (κ1) is 17.0. The van der Waals surface area contributed by atoms with Gasteiger partial charge in [0.15, 0.2) is 0 Å². The first-order valence-electron chi connectivity index (χ1n) is 7.78. The molecule has 1 nitrogen and oxygen atoms in total. The second kappa shape index (κ2) is 6.82. The highest BCUT2D eigenvalue weighted by atomic mass is 19.2. The van der Waals surface area contributed by atoms with E-state index in [1.165, 1.54) is 0 Å². The van der Waals surface area contributed by atoms with Crippen molar-refractivity contribution in [1.29, 1.82) is 0 Å². The predicted octanol–water partition coefficient (Wildman–Crippen LogP) is 5.96. The number of rotatable bonds is 4. The average Bonchev–Trinajstić information content (AvgIpc) is 2.52. The van der Waals surface area contributed by atoms with Gasteiger partial charge in [0.1, 0.15) is 0 Å². The maximum absolute atomic E-state index is 14.3. The molecule has 0 radical (unpaired) electrons. The molecule has 0 aromatic heterocycles. The predicted molar refractivity (Wildman–Crippen MR) is 98.1 cm³/mol. The lowest BCUT2D eigenvalue weighted by Crippen LogP contribution is -2.20. The normalized spacial score (nSPS) is 15.8. The molecule has 120 valence electrons. The molecule has 0 spiro atoms. The highest BCUT2D eigenvalue weighted by Crippen LogP contribution is 2.34. The van der Waals surface area contributed by atoms with E-state index in [0.717, 1.165) is 27.4 Å². The van der Waals surface area contributed by atoms with Gasteiger partial charge in [-0.1, -0.05) is 80.9 Å². The van der Waals surface area contributed by atoms with Crippen molar-refractivity contribution in [2.45, 2.75) is 20.8 Å². The van der Waals surface area contributed by atoms with Crippen molar-refractivity contribution >= 4 is 11.3 Å². The molecule has 2 rings (SSSR count). The molecule has 0 amide bonds. The molecule has 0 N–H and O–H groups in total. The van der Waals surface area contributed by atoms with Crippen molar-refractivity contribution in [3.63, 3.8) is 0 Å². The zero-order valence-electron chi connectivity index (χ0n) is 14.1. The molecule has 0 unspecified atom stereocenters. The van der Waals surface area contributed by atoms with E-state index in [-0.39, 0.29) is 12.0 Å². The summed E-state index contributed by atoms with van der Waals surface area (Å²) >= 11 is 0. The molecule has 0 saturated heterocycles. The Morgan fingerprint density at radius 3 is 2.61 bits per heavy atom. The van der Waals surface area contributed by atoms with Gasteiger partial charge in [0, 0.05) is 5.56 Å². The molecule has 1 heterocycles. The first-order chi connectivity index (χ1) is 10.9. The molecule has 1 aromatic rings. The minimum atomic E-state index is -0.000853. The smallest absolute Gasteiger partial charge is 0.0766 e. The van der Waals surface area contributed by atoms with E-state index in [1.807, 2.05) is 42.5 Å². The Hall–Kier alpha value is -2.35. The lowest BCUT2D eigenvalue weighted by Gasteiger charge is -2.28. The Balaban J connectivity index is 2.47. The quantitative estimate of drug-likeness (QED) is 0.490. The zero-order chi connectivity index (χ0) is 17.0. The van der Waals surface area contributed by atoms with Gasteiger partial charge in [-0.15, -0.1) is 0 Å². The van der Waals surface area contributed by atoms with Crippen molar-refractivity contribution in [1.82, 2.24) is 5.12 Å². The second-order valence-corrected chi connectivity index (χ2v) is 6.63. The van der Waals surface area contributed by atoms with Crippen molar-refractivity contribution in [3.8, 4) is 0 Å². The Kier molecular flexibility index (Phi) is 5.05. The van der Waals surface area contributed by atoms with Crippen LogP contribution >= 0.6 is 0 Å². The van der Waals surface area contributed by atoms with Crippen LogP contribution in [0.1, 0.15) is 31.9 Å². The number of benzene rings is 1. The van der Waals surface area contributed by atoms with E-state index < -0.39 is 0 Å². The number of halogens is 1. The maximum atomic E-state index is 14.3. The Morgan fingerprint density at radius 1 is 1.26 bits per heavy atom. The summed E-state index contributed by atoms with van der Waals surface area (Å²) in [6, 6.07) is 7.85. The van der Waals surface area contributed by atoms with Gasteiger partial charge in [-0.2, -0.15) is 0 Å². The molecular formula is C21H24FN. The highest BCUT2D eigenvalue weighted by Gasteiger charge is 2.22. The number of nitrogens with zero attached hydrogens (tertiary/aromatic N) is 1. The fourth-order valence-electron chi connectivity index (χ4n) is 2.57. The topological polar surface area (TPSA) is 3.24 Å². The Morgan fingerprint density at radius 2 is 2.00 bits per heavy atom. The van der Waals surface area contributed by atoms with Gasteiger partial charge in [-0.05, 0) is 34.3 Å². The summed E-state index contributed by atoms with van der Waals surface area (Å²) in [7, 11) is 0. The van der Waals surface area contributed by atoms with Crippen LogP contribution in [0.4, 0.5) is 4.48 Å². The molecular weight excluding hydrogens is 285 g/mol. The van der Waals surface area contributed by atoms with E-state index >= 15 is 0 Å². The summed E-state index contributed by atoms with van der Waals surface area (Å²) in [5.41, 5.74) is 4.57. The average molecular weight is 309 g/mol. The van der Waals surface area contributed by atoms with Gasteiger partial charge in [-0.25, -0.2) is 5.12 Å². The number of allylic oxidation sites excluding steroid dienone is 6. The van der Waals surface area contributed by atoms with Crippen LogP contribution in [0.3, 0.4) is 0 Å². The Bertz CT molecular complexity index is 699. The summed E-state index contributed by atoms with van der Waals surface area (Å²) < 4.78 is 14.3. The molecule has 0 atom stereocenters. The summed E-state index contributed by atoms with van der Waals surface area (Å²) in [6.07, 6.45) is 9.29. The van der Waals surface area contributed by atoms with Crippen LogP contribution in [0.2, 0.25) is 0 Å². The molecule has 1 aliphatic heterocycles. The first-order valence-corrected chi connectivity index (χ1v) is 7.78. The molecule has 0 bridgehead atoms. The van der Waals surface area contributed by atoms with Crippen LogP contribution in [-0.2, 0) is 0 Å². The van der Waals surface area contributed by atoms with E-state index in [0.29, 0.717) is 5.70 Å². The van der Waals surface area contributed by atoms with Crippen LogP contribution in [0.25, 0.3) is 11.3 Å². The third-order valence-electron chi connectivity index (χ3n) is 3.90. The lowest BCUT2D eigenvalue weighted by atomic mass is 9.84. The molecule has 2 heteroatoms. The van der Waals surface area contributed by atoms with Crippen LogP contribution < -0.4 is 0 Å². The summed E-state index contributed by atoms with van der Waals surface area (Å²) in [5.74, 6) is 0. The van der Waals surface area contributed by atoms with Crippen molar-refractivity contribution in [2.24, 2.45) is 5.41 Å². The van der Waals surface area contributed by atoms with Crippen molar-refractivity contribution in [3.05, 3.63) is 84.5 Å². The molecule has 1 aromatic carbocycles. The Labute approximate surface area is 138 Å². The van der Waals surface area contributed by atoms with E-state index in [4.69, 9.17) is 0 Å². The molecule has 0 aliphatic carbocycles. The standard InChI is InChI=1S/C21H24FN/c1-6-9-16(7-2)17-10-8-11-18(14-17)20-15-19(21(3,4)5)12-13-23(20)22/h6-12,14-15H,1-2,13H2,3-5H3/b16-9+.